The number of hydrogen-bond acceptors (Lipinski definition) is 2. The molecule has 2 heteroatoms. The van der Waals surface area contributed by atoms with E-state index in [2.05, 4.69) is 72.7 Å². The maximum Gasteiger partial charge on any atom is 0.0426 e. The van der Waals surface area contributed by atoms with Crippen molar-refractivity contribution in [2.24, 2.45) is 0 Å². The number of rotatable bonds is 5. The second-order valence-corrected chi connectivity index (χ2v) is 5.00. The average Bonchev–Trinajstić information content (AvgIpc) is 2.42. The third kappa shape index (κ3) is 3.58. The molecule has 2 aromatic rings. The van der Waals surface area contributed by atoms with E-state index in [-0.39, 0.29) is 0 Å². The Balaban J connectivity index is 2.15. The fourth-order valence-corrected chi connectivity index (χ4v) is 2.28. The fraction of sp³-hybridized carbons (Fsp3) is 0.294. The Morgan fingerprint density at radius 2 is 1.68 bits per heavy atom. The van der Waals surface area contributed by atoms with E-state index in [0.717, 1.165) is 13.1 Å². The molecule has 0 aromatic heterocycles. The van der Waals surface area contributed by atoms with Crippen molar-refractivity contribution in [3.63, 3.8) is 0 Å². The molecular weight excluding hydrogens is 232 g/mol. The first-order chi connectivity index (χ1) is 9.20. The molecule has 100 valence electrons. The zero-order valence-corrected chi connectivity index (χ0v) is 12.0. The minimum absolute atomic E-state index is 0.897. The Bertz CT molecular complexity index is 517. The van der Waals surface area contributed by atoms with E-state index < -0.39 is 0 Å². The molecule has 0 bridgehead atoms. The molecule has 0 amide bonds. The van der Waals surface area contributed by atoms with Gasteiger partial charge in [0.15, 0.2) is 0 Å². The van der Waals surface area contributed by atoms with Crippen LogP contribution in [0.2, 0.25) is 0 Å². The van der Waals surface area contributed by atoms with Crippen LogP contribution in [0.15, 0.2) is 48.5 Å². The highest BCUT2D eigenvalue weighted by atomic mass is 15.1. The molecule has 0 fully saturated rings. The summed E-state index contributed by atoms with van der Waals surface area (Å²) >= 11 is 0. The van der Waals surface area contributed by atoms with Gasteiger partial charge < -0.3 is 10.2 Å². The van der Waals surface area contributed by atoms with Gasteiger partial charge in [0, 0.05) is 25.8 Å². The zero-order chi connectivity index (χ0) is 13.7. The van der Waals surface area contributed by atoms with Gasteiger partial charge in [-0.15, -0.1) is 0 Å². The summed E-state index contributed by atoms with van der Waals surface area (Å²) in [5.74, 6) is 0. The number of hydrogen-bond donors (Lipinski definition) is 1. The molecule has 2 rings (SSSR count). The Morgan fingerprint density at radius 3 is 2.37 bits per heavy atom. The summed E-state index contributed by atoms with van der Waals surface area (Å²) in [5, 5.41) is 3.22. The van der Waals surface area contributed by atoms with Gasteiger partial charge in [0.25, 0.3) is 0 Å². The van der Waals surface area contributed by atoms with Gasteiger partial charge in [0.1, 0.15) is 0 Å². The first kappa shape index (κ1) is 13.6. The standard InChI is InChI=1S/C17H22N2/c1-14-8-10-15(11-9-14)13-19(3)17-7-5-4-6-16(17)12-18-2/h4-11,18H,12-13H2,1-3H3. The molecular formula is C17H22N2. The van der Waals surface area contributed by atoms with Crippen LogP contribution in [0, 0.1) is 6.92 Å². The summed E-state index contributed by atoms with van der Waals surface area (Å²) in [5.41, 5.74) is 5.27. The van der Waals surface area contributed by atoms with E-state index >= 15 is 0 Å². The van der Waals surface area contributed by atoms with E-state index in [0.29, 0.717) is 0 Å². The SMILES string of the molecule is CNCc1ccccc1N(C)Cc1ccc(C)cc1. The van der Waals surface area contributed by atoms with Gasteiger partial charge in [0.05, 0.1) is 0 Å². The molecule has 0 spiro atoms. The van der Waals surface area contributed by atoms with Crippen LogP contribution in [0.25, 0.3) is 0 Å². The van der Waals surface area contributed by atoms with Crippen molar-refractivity contribution in [3.05, 3.63) is 65.2 Å². The number of anilines is 1. The lowest BCUT2D eigenvalue weighted by Crippen LogP contribution is -2.19. The predicted molar refractivity (Wildman–Crippen MR) is 82.5 cm³/mol. The van der Waals surface area contributed by atoms with E-state index in [1.807, 2.05) is 7.05 Å². The number of nitrogens with one attached hydrogen (secondary N) is 1. The molecule has 0 atom stereocenters. The van der Waals surface area contributed by atoms with E-state index in [1.165, 1.54) is 22.4 Å². The van der Waals surface area contributed by atoms with E-state index in [1.54, 1.807) is 0 Å². The first-order valence-electron chi connectivity index (χ1n) is 6.70. The van der Waals surface area contributed by atoms with E-state index in [9.17, 15) is 0 Å². The Labute approximate surface area is 116 Å². The minimum atomic E-state index is 0.897. The maximum atomic E-state index is 3.22. The van der Waals surface area contributed by atoms with Crippen LogP contribution in [0.3, 0.4) is 0 Å². The van der Waals surface area contributed by atoms with Crippen LogP contribution in [0.4, 0.5) is 5.69 Å². The molecule has 0 saturated heterocycles. The largest absolute Gasteiger partial charge is 0.370 e. The van der Waals surface area contributed by atoms with Crippen molar-refractivity contribution in [2.75, 3.05) is 19.0 Å². The molecule has 2 aromatic carbocycles. The summed E-state index contributed by atoms with van der Waals surface area (Å²) < 4.78 is 0. The van der Waals surface area contributed by atoms with Gasteiger partial charge >= 0.3 is 0 Å². The van der Waals surface area contributed by atoms with Crippen molar-refractivity contribution in [3.8, 4) is 0 Å². The number of nitrogens with zero attached hydrogens (tertiary/aromatic N) is 1. The molecule has 19 heavy (non-hydrogen) atoms. The van der Waals surface area contributed by atoms with Crippen LogP contribution < -0.4 is 10.2 Å². The third-order valence-corrected chi connectivity index (χ3v) is 3.31. The molecule has 2 nitrogen and oxygen atoms in total. The summed E-state index contributed by atoms with van der Waals surface area (Å²) in [7, 11) is 4.13. The van der Waals surface area contributed by atoms with Crippen molar-refractivity contribution in [2.45, 2.75) is 20.0 Å². The monoisotopic (exact) mass is 254 g/mol. The normalized spacial score (nSPS) is 10.5. The minimum Gasteiger partial charge on any atom is -0.370 e. The van der Waals surface area contributed by atoms with Gasteiger partial charge in [-0.1, -0.05) is 48.0 Å². The highest BCUT2D eigenvalue weighted by molar-refractivity contribution is 5.53. The quantitative estimate of drug-likeness (QED) is 0.880. The average molecular weight is 254 g/mol. The lowest BCUT2D eigenvalue weighted by Gasteiger charge is -2.22. The lowest BCUT2D eigenvalue weighted by molar-refractivity contribution is 0.805. The summed E-state index contributed by atoms with van der Waals surface area (Å²) in [6, 6.07) is 17.3. The second kappa shape index (κ2) is 6.39. The smallest absolute Gasteiger partial charge is 0.0426 e. The van der Waals surface area contributed by atoms with Crippen LogP contribution in [0.1, 0.15) is 16.7 Å². The highest BCUT2D eigenvalue weighted by Crippen LogP contribution is 2.21. The molecule has 0 aliphatic carbocycles. The maximum absolute atomic E-state index is 3.22. The topological polar surface area (TPSA) is 15.3 Å². The van der Waals surface area contributed by atoms with Gasteiger partial charge in [-0.2, -0.15) is 0 Å². The van der Waals surface area contributed by atoms with Gasteiger partial charge in [-0.05, 0) is 31.2 Å². The van der Waals surface area contributed by atoms with Crippen LogP contribution in [-0.2, 0) is 13.1 Å². The van der Waals surface area contributed by atoms with Gasteiger partial charge in [-0.25, -0.2) is 0 Å². The van der Waals surface area contributed by atoms with Crippen molar-refractivity contribution < 1.29 is 0 Å². The lowest BCUT2D eigenvalue weighted by atomic mass is 10.1. The van der Waals surface area contributed by atoms with Crippen molar-refractivity contribution in [1.29, 1.82) is 0 Å². The first-order valence-corrected chi connectivity index (χ1v) is 6.70. The number of para-hydroxylation sites is 1. The molecule has 1 N–H and O–H groups in total. The van der Waals surface area contributed by atoms with Crippen molar-refractivity contribution in [1.82, 2.24) is 5.32 Å². The predicted octanol–water partition coefficient (Wildman–Crippen LogP) is 3.35. The summed E-state index contributed by atoms with van der Waals surface area (Å²) in [6.45, 7) is 3.95. The molecule has 0 aliphatic rings. The molecule has 0 unspecified atom stereocenters. The van der Waals surface area contributed by atoms with E-state index in [4.69, 9.17) is 0 Å². The van der Waals surface area contributed by atoms with Gasteiger partial charge in [0.2, 0.25) is 0 Å². The Kier molecular flexibility index (Phi) is 4.58. The zero-order valence-electron chi connectivity index (χ0n) is 12.0. The summed E-state index contributed by atoms with van der Waals surface area (Å²) in [4.78, 5) is 2.30. The van der Waals surface area contributed by atoms with Crippen LogP contribution >= 0.6 is 0 Å². The highest BCUT2D eigenvalue weighted by Gasteiger charge is 2.06. The Hall–Kier alpha value is -1.80. The Morgan fingerprint density at radius 1 is 1.00 bits per heavy atom. The molecule has 0 aliphatic heterocycles. The van der Waals surface area contributed by atoms with Crippen molar-refractivity contribution >= 4 is 5.69 Å². The third-order valence-electron chi connectivity index (χ3n) is 3.31. The molecule has 0 radical (unpaired) electrons. The molecule has 0 saturated carbocycles. The number of benzene rings is 2. The van der Waals surface area contributed by atoms with Crippen LogP contribution in [0.5, 0.6) is 0 Å². The number of aryl methyl sites for hydroxylation is 1. The summed E-state index contributed by atoms with van der Waals surface area (Å²) in [6.07, 6.45) is 0. The second-order valence-electron chi connectivity index (χ2n) is 5.00. The molecule has 0 heterocycles. The van der Waals surface area contributed by atoms with Gasteiger partial charge in [-0.3, -0.25) is 0 Å². The fourth-order valence-electron chi connectivity index (χ4n) is 2.28. The van der Waals surface area contributed by atoms with Crippen LogP contribution in [-0.4, -0.2) is 14.1 Å².